The van der Waals surface area contributed by atoms with Crippen LogP contribution in [-0.4, -0.2) is 36.8 Å². The van der Waals surface area contributed by atoms with Crippen molar-refractivity contribution in [3.8, 4) is 28.7 Å². The van der Waals surface area contributed by atoms with E-state index in [1.54, 1.807) is 20.3 Å². The molecule has 26 heavy (non-hydrogen) atoms. The van der Waals surface area contributed by atoms with Crippen LogP contribution in [0.25, 0.3) is 11.5 Å². The Kier molecular flexibility index (Phi) is 6.01. The molecule has 2 aromatic carbocycles. The average molecular weight is 372 g/mol. The fourth-order valence-corrected chi connectivity index (χ4v) is 2.82. The lowest BCUT2D eigenvalue weighted by atomic mass is 10.2. The van der Waals surface area contributed by atoms with Crippen molar-refractivity contribution in [2.24, 2.45) is 0 Å². The van der Waals surface area contributed by atoms with E-state index < -0.39 is 0 Å². The molecule has 3 rings (SSSR count). The van der Waals surface area contributed by atoms with Crippen LogP contribution in [0.3, 0.4) is 0 Å². The quantitative estimate of drug-likeness (QED) is 0.433. The molecule has 0 bridgehead atoms. The lowest BCUT2D eigenvalue weighted by molar-refractivity contribution is 0.343. The van der Waals surface area contributed by atoms with Crippen LogP contribution < -0.4 is 14.2 Å². The van der Waals surface area contributed by atoms with Gasteiger partial charge in [0.15, 0.2) is 0 Å². The van der Waals surface area contributed by atoms with Crippen molar-refractivity contribution < 1.29 is 18.6 Å². The normalized spacial score (nSPS) is 10.6. The van der Waals surface area contributed by atoms with Crippen molar-refractivity contribution in [1.29, 1.82) is 0 Å². The molecule has 1 aromatic heterocycles. The van der Waals surface area contributed by atoms with Gasteiger partial charge < -0.3 is 18.6 Å². The smallest absolute Gasteiger partial charge is 0.276 e. The van der Waals surface area contributed by atoms with Crippen molar-refractivity contribution >= 4 is 11.8 Å². The van der Waals surface area contributed by atoms with Crippen LogP contribution in [0.5, 0.6) is 17.2 Å². The van der Waals surface area contributed by atoms with Gasteiger partial charge in [0.25, 0.3) is 5.22 Å². The van der Waals surface area contributed by atoms with Crippen LogP contribution in [0.2, 0.25) is 0 Å². The second-order valence-corrected chi connectivity index (χ2v) is 6.53. The number of aromatic nitrogens is 2. The number of hydrogen-bond donors (Lipinski definition) is 0. The highest BCUT2D eigenvalue weighted by molar-refractivity contribution is 7.99. The zero-order valence-corrected chi connectivity index (χ0v) is 15.7. The standard InChI is InChI=1S/C19H20N2O4S/c1-13-4-6-15(7-5-13)24-8-9-26-19-21-20-18(25-19)14-10-16(22-2)12-17(11-14)23-3/h4-7,10-12H,8-9H2,1-3H3. The van der Waals surface area contributed by atoms with E-state index in [9.17, 15) is 0 Å². The Morgan fingerprint density at radius 3 is 2.27 bits per heavy atom. The Hall–Kier alpha value is -2.67. The van der Waals surface area contributed by atoms with Gasteiger partial charge in [-0.1, -0.05) is 29.5 Å². The fourth-order valence-electron chi connectivity index (χ4n) is 2.24. The maximum absolute atomic E-state index is 5.71. The third-order valence-electron chi connectivity index (χ3n) is 3.60. The number of benzene rings is 2. The number of aryl methyl sites for hydroxylation is 1. The first-order valence-corrected chi connectivity index (χ1v) is 9.05. The summed E-state index contributed by atoms with van der Waals surface area (Å²) in [5.41, 5.74) is 1.95. The van der Waals surface area contributed by atoms with E-state index in [1.807, 2.05) is 43.3 Å². The van der Waals surface area contributed by atoms with Gasteiger partial charge in [0, 0.05) is 17.4 Å². The first-order valence-electron chi connectivity index (χ1n) is 8.07. The van der Waals surface area contributed by atoms with Crippen molar-refractivity contribution in [3.63, 3.8) is 0 Å². The molecule has 0 aliphatic heterocycles. The lowest BCUT2D eigenvalue weighted by Crippen LogP contribution is -1.99. The van der Waals surface area contributed by atoms with Crippen molar-refractivity contribution in [1.82, 2.24) is 10.2 Å². The van der Waals surface area contributed by atoms with Crippen LogP contribution in [0, 0.1) is 6.92 Å². The van der Waals surface area contributed by atoms with Crippen molar-refractivity contribution in [2.75, 3.05) is 26.6 Å². The molecule has 0 atom stereocenters. The fraction of sp³-hybridized carbons (Fsp3) is 0.263. The molecule has 0 amide bonds. The zero-order chi connectivity index (χ0) is 18.4. The first-order chi connectivity index (χ1) is 12.7. The van der Waals surface area contributed by atoms with E-state index >= 15 is 0 Å². The summed E-state index contributed by atoms with van der Waals surface area (Å²) in [6.45, 7) is 2.60. The van der Waals surface area contributed by atoms with E-state index in [1.165, 1.54) is 17.3 Å². The molecule has 0 N–H and O–H groups in total. The Bertz CT molecular complexity index is 827. The molecule has 0 fully saturated rings. The molecular formula is C19H20N2O4S. The summed E-state index contributed by atoms with van der Waals surface area (Å²) in [5, 5.41) is 8.66. The molecule has 0 aliphatic carbocycles. The molecule has 0 saturated carbocycles. The summed E-state index contributed by atoms with van der Waals surface area (Å²) < 4.78 is 21.9. The molecule has 1 heterocycles. The molecule has 136 valence electrons. The van der Waals surface area contributed by atoms with Gasteiger partial charge in [-0.05, 0) is 31.2 Å². The molecule has 0 radical (unpaired) electrons. The number of ether oxygens (including phenoxy) is 3. The predicted octanol–water partition coefficient (Wildman–Crippen LogP) is 4.23. The van der Waals surface area contributed by atoms with Gasteiger partial charge in [-0.25, -0.2) is 0 Å². The second kappa shape index (κ2) is 8.62. The minimum atomic E-state index is 0.421. The highest BCUT2D eigenvalue weighted by Crippen LogP contribution is 2.30. The molecule has 6 nitrogen and oxygen atoms in total. The maximum atomic E-state index is 5.71. The summed E-state index contributed by atoms with van der Waals surface area (Å²) in [4.78, 5) is 0. The molecule has 7 heteroatoms. The maximum Gasteiger partial charge on any atom is 0.276 e. The van der Waals surface area contributed by atoms with E-state index in [2.05, 4.69) is 10.2 Å². The number of rotatable bonds is 8. The number of hydrogen-bond acceptors (Lipinski definition) is 7. The molecule has 0 spiro atoms. The van der Waals surface area contributed by atoms with Crippen LogP contribution in [0.15, 0.2) is 52.1 Å². The summed E-state index contributed by atoms with van der Waals surface area (Å²) in [7, 11) is 3.20. The Balaban J connectivity index is 1.57. The largest absolute Gasteiger partial charge is 0.497 e. The third kappa shape index (κ3) is 4.70. The topological polar surface area (TPSA) is 66.6 Å². The van der Waals surface area contributed by atoms with Crippen LogP contribution in [0.4, 0.5) is 0 Å². The molecule has 0 aliphatic rings. The summed E-state index contributed by atoms with van der Waals surface area (Å²) in [6, 6.07) is 13.4. The van der Waals surface area contributed by atoms with Crippen molar-refractivity contribution in [3.05, 3.63) is 48.0 Å². The number of nitrogens with zero attached hydrogens (tertiary/aromatic N) is 2. The van der Waals surface area contributed by atoms with Crippen molar-refractivity contribution in [2.45, 2.75) is 12.1 Å². The predicted molar refractivity (Wildman–Crippen MR) is 100 cm³/mol. The monoisotopic (exact) mass is 372 g/mol. The van der Waals surface area contributed by atoms with Crippen LogP contribution in [-0.2, 0) is 0 Å². The van der Waals surface area contributed by atoms with Gasteiger partial charge in [-0.15, -0.1) is 10.2 Å². The van der Waals surface area contributed by atoms with E-state index in [0.29, 0.717) is 35.0 Å². The van der Waals surface area contributed by atoms with E-state index in [-0.39, 0.29) is 0 Å². The van der Waals surface area contributed by atoms with Crippen LogP contribution >= 0.6 is 11.8 Å². The summed E-state index contributed by atoms with van der Waals surface area (Å²) in [6.07, 6.45) is 0. The van der Waals surface area contributed by atoms with E-state index in [0.717, 1.165) is 11.3 Å². The lowest BCUT2D eigenvalue weighted by Gasteiger charge is -2.06. The van der Waals surface area contributed by atoms with Gasteiger partial charge in [0.1, 0.15) is 17.2 Å². The van der Waals surface area contributed by atoms with E-state index in [4.69, 9.17) is 18.6 Å². The SMILES string of the molecule is COc1cc(OC)cc(-c2nnc(SCCOc3ccc(C)cc3)o2)c1. The molecule has 0 unspecified atom stereocenters. The summed E-state index contributed by atoms with van der Waals surface area (Å²) >= 11 is 1.45. The van der Waals surface area contributed by atoms with Gasteiger partial charge in [0.2, 0.25) is 5.89 Å². The second-order valence-electron chi connectivity index (χ2n) is 5.48. The minimum absolute atomic E-state index is 0.421. The number of thioether (sulfide) groups is 1. The Morgan fingerprint density at radius 1 is 0.923 bits per heavy atom. The van der Waals surface area contributed by atoms with Gasteiger partial charge in [-0.3, -0.25) is 0 Å². The highest BCUT2D eigenvalue weighted by Gasteiger charge is 2.12. The average Bonchev–Trinajstić information content (AvgIpc) is 3.15. The Labute approximate surface area is 156 Å². The van der Waals surface area contributed by atoms with Crippen LogP contribution in [0.1, 0.15) is 5.56 Å². The summed E-state index contributed by atoms with van der Waals surface area (Å²) in [5.74, 6) is 3.31. The first kappa shape index (κ1) is 18.1. The van der Waals surface area contributed by atoms with Gasteiger partial charge in [0.05, 0.1) is 20.8 Å². The number of methoxy groups -OCH3 is 2. The minimum Gasteiger partial charge on any atom is -0.497 e. The molecular weight excluding hydrogens is 352 g/mol. The highest BCUT2D eigenvalue weighted by atomic mass is 32.2. The molecule has 0 saturated heterocycles. The zero-order valence-electron chi connectivity index (χ0n) is 14.9. The van der Waals surface area contributed by atoms with Gasteiger partial charge in [-0.2, -0.15) is 0 Å². The van der Waals surface area contributed by atoms with Gasteiger partial charge >= 0.3 is 0 Å². The third-order valence-corrected chi connectivity index (χ3v) is 4.39. The Morgan fingerprint density at radius 2 is 1.62 bits per heavy atom. The molecule has 3 aromatic rings.